The molecule has 1 aromatic rings. The summed E-state index contributed by atoms with van der Waals surface area (Å²) in [6.07, 6.45) is 3.15. The van der Waals surface area contributed by atoms with Gasteiger partial charge in [-0.15, -0.1) is 0 Å². The first kappa shape index (κ1) is 11.0. The van der Waals surface area contributed by atoms with Crippen molar-refractivity contribution in [2.45, 2.75) is 33.1 Å². The number of Topliss-reactive ketones (excluding diaryl/α,β-unsaturated/α-hetero) is 1. The number of nitrogens with one attached hydrogen (secondary N) is 2. The lowest BCUT2D eigenvalue weighted by atomic mass is 9.73. The molecule has 2 heterocycles. The second-order valence-electron chi connectivity index (χ2n) is 5.36. The van der Waals surface area contributed by atoms with E-state index < -0.39 is 0 Å². The van der Waals surface area contributed by atoms with E-state index >= 15 is 0 Å². The molecule has 2 aliphatic rings. The standard InChI is InChI=1S/C14H20N2O/c1-3-10-8(2)16-12-6-9-4-5-15-7-11(9)14(17)13(10)12/h9,11,15-16H,3-7H2,1-2H3. The lowest BCUT2D eigenvalue weighted by Crippen LogP contribution is -2.44. The predicted molar refractivity (Wildman–Crippen MR) is 67.4 cm³/mol. The summed E-state index contributed by atoms with van der Waals surface area (Å²) in [4.78, 5) is 16.0. The number of ketones is 1. The number of carbonyl (C=O) groups excluding carboxylic acids is 1. The third-order valence-corrected chi connectivity index (χ3v) is 4.42. The first-order chi connectivity index (χ1) is 8.22. The summed E-state index contributed by atoms with van der Waals surface area (Å²) < 4.78 is 0. The van der Waals surface area contributed by atoms with Crippen LogP contribution in [0.1, 0.15) is 40.7 Å². The van der Waals surface area contributed by atoms with E-state index in [-0.39, 0.29) is 5.92 Å². The van der Waals surface area contributed by atoms with E-state index in [9.17, 15) is 4.79 Å². The van der Waals surface area contributed by atoms with Crippen LogP contribution in [0.25, 0.3) is 0 Å². The van der Waals surface area contributed by atoms with Crippen LogP contribution in [-0.2, 0) is 12.8 Å². The number of carbonyl (C=O) groups is 1. The molecule has 2 unspecified atom stereocenters. The van der Waals surface area contributed by atoms with Crippen LogP contribution in [0, 0.1) is 18.8 Å². The van der Waals surface area contributed by atoms with Crippen molar-refractivity contribution in [3.05, 3.63) is 22.5 Å². The van der Waals surface area contributed by atoms with Crippen LogP contribution in [0.15, 0.2) is 0 Å². The van der Waals surface area contributed by atoms with E-state index in [1.54, 1.807) is 0 Å². The molecular formula is C14H20N2O. The summed E-state index contributed by atoms with van der Waals surface area (Å²) in [6, 6.07) is 0. The van der Waals surface area contributed by atoms with Gasteiger partial charge in [-0.2, -0.15) is 0 Å². The Hall–Kier alpha value is -1.09. The van der Waals surface area contributed by atoms with Crippen LogP contribution in [0.3, 0.4) is 0 Å². The third kappa shape index (κ3) is 1.56. The molecule has 3 nitrogen and oxygen atoms in total. The number of hydrogen-bond acceptors (Lipinski definition) is 2. The van der Waals surface area contributed by atoms with Gasteiger partial charge in [-0.05, 0) is 44.2 Å². The van der Waals surface area contributed by atoms with Crippen molar-refractivity contribution in [1.29, 1.82) is 0 Å². The molecule has 3 heteroatoms. The van der Waals surface area contributed by atoms with Crippen molar-refractivity contribution >= 4 is 5.78 Å². The zero-order valence-corrected chi connectivity index (χ0v) is 10.6. The molecule has 0 amide bonds. The molecule has 1 saturated heterocycles. The number of aromatic nitrogens is 1. The minimum atomic E-state index is 0.219. The Kier molecular flexibility index (Phi) is 2.58. The van der Waals surface area contributed by atoms with E-state index in [1.165, 1.54) is 17.0 Å². The molecule has 1 aliphatic heterocycles. The minimum absolute atomic E-state index is 0.219. The molecule has 0 bridgehead atoms. The molecule has 0 aromatic carbocycles. The van der Waals surface area contributed by atoms with Gasteiger partial charge in [0.05, 0.1) is 0 Å². The van der Waals surface area contributed by atoms with Crippen LogP contribution in [-0.4, -0.2) is 23.9 Å². The number of piperidine rings is 1. The monoisotopic (exact) mass is 232 g/mol. The lowest BCUT2D eigenvalue weighted by molar-refractivity contribution is 0.0817. The van der Waals surface area contributed by atoms with E-state index in [1.807, 2.05) is 0 Å². The summed E-state index contributed by atoms with van der Waals surface area (Å²) in [5.41, 5.74) is 4.66. The number of rotatable bonds is 1. The highest BCUT2D eigenvalue weighted by Crippen LogP contribution is 2.36. The maximum absolute atomic E-state index is 12.6. The van der Waals surface area contributed by atoms with Gasteiger partial charge in [0.25, 0.3) is 0 Å². The second-order valence-corrected chi connectivity index (χ2v) is 5.36. The average molecular weight is 232 g/mol. The Bertz CT molecular complexity index is 461. The topological polar surface area (TPSA) is 44.9 Å². The fourth-order valence-electron chi connectivity index (χ4n) is 3.54. The van der Waals surface area contributed by atoms with Gasteiger partial charge >= 0.3 is 0 Å². The normalized spacial score (nSPS) is 27.8. The summed E-state index contributed by atoms with van der Waals surface area (Å²) in [7, 11) is 0. The van der Waals surface area contributed by atoms with Gasteiger partial charge in [-0.25, -0.2) is 0 Å². The van der Waals surface area contributed by atoms with Crippen molar-refractivity contribution in [3.8, 4) is 0 Å². The summed E-state index contributed by atoms with van der Waals surface area (Å²) in [5.74, 6) is 1.15. The molecule has 0 radical (unpaired) electrons. The fraction of sp³-hybridized carbons (Fsp3) is 0.643. The largest absolute Gasteiger partial charge is 0.362 e. The van der Waals surface area contributed by atoms with Gasteiger partial charge in [-0.1, -0.05) is 6.92 Å². The predicted octanol–water partition coefficient (Wildman–Crippen LogP) is 1.85. The Morgan fingerprint density at radius 3 is 3.00 bits per heavy atom. The van der Waals surface area contributed by atoms with Crippen LogP contribution >= 0.6 is 0 Å². The quantitative estimate of drug-likeness (QED) is 0.776. The molecule has 1 fully saturated rings. The molecule has 92 valence electrons. The maximum Gasteiger partial charge on any atom is 0.169 e. The number of fused-ring (bicyclic) bond motifs is 2. The highest BCUT2D eigenvalue weighted by Gasteiger charge is 2.39. The Balaban J connectivity index is 2.06. The number of H-pyrrole nitrogens is 1. The van der Waals surface area contributed by atoms with Crippen LogP contribution in [0.2, 0.25) is 0 Å². The Labute approximate surface area is 102 Å². The molecule has 2 N–H and O–H groups in total. The van der Waals surface area contributed by atoms with Gasteiger partial charge in [0.2, 0.25) is 0 Å². The van der Waals surface area contributed by atoms with E-state index in [0.29, 0.717) is 11.7 Å². The first-order valence-electron chi connectivity index (χ1n) is 6.67. The highest BCUT2D eigenvalue weighted by molar-refractivity contribution is 6.02. The molecule has 1 aromatic heterocycles. The van der Waals surface area contributed by atoms with E-state index in [4.69, 9.17) is 0 Å². The third-order valence-electron chi connectivity index (χ3n) is 4.42. The van der Waals surface area contributed by atoms with Crippen molar-refractivity contribution in [2.24, 2.45) is 11.8 Å². The van der Waals surface area contributed by atoms with Crippen LogP contribution in [0.5, 0.6) is 0 Å². The molecule has 0 saturated carbocycles. The van der Waals surface area contributed by atoms with E-state index in [0.717, 1.165) is 37.9 Å². The van der Waals surface area contributed by atoms with Gasteiger partial charge < -0.3 is 10.3 Å². The van der Waals surface area contributed by atoms with Gasteiger partial charge in [0.1, 0.15) is 0 Å². The summed E-state index contributed by atoms with van der Waals surface area (Å²) in [6.45, 7) is 6.15. The van der Waals surface area contributed by atoms with Gasteiger partial charge in [0.15, 0.2) is 5.78 Å². The fourth-order valence-corrected chi connectivity index (χ4v) is 3.54. The van der Waals surface area contributed by atoms with Crippen LogP contribution < -0.4 is 5.32 Å². The van der Waals surface area contributed by atoms with E-state index in [2.05, 4.69) is 24.1 Å². The van der Waals surface area contributed by atoms with Crippen molar-refractivity contribution in [3.63, 3.8) is 0 Å². The number of aromatic amines is 1. The zero-order valence-electron chi connectivity index (χ0n) is 10.6. The molecule has 1 aliphatic carbocycles. The highest BCUT2D eigenvalue weighted by atomic mass is 16.1. The van der Waals surface area contributed by atoms with Gasteiger partial charge in [-0.3, -0.25) is 4.79 Å². The van der Waals surface area contributed by atoms with Gasteiger partial charge in [0, 0.05) is 29.4 Å². The Morgan fingerprint density at radius 1 is 1.41 bits per heavy atom. The molecule has 3 rings (SSSR count). The first-order valence-corrected chi connectivity index (χ1v) is 6.67. The smallest absolute Gasteiger partial charge is 0.169 e. The van der Waals surface area contributed by atoms with Crippen molar-refractivity contribution in [2.75, 3.05) is 13.1 Å². The van der Waals surface area contributed by atoms with Crippen molar-refractivity contribution < 1.29 is 4.79 Å². The molecule has 17 heavy (non-hydrogen) atoms. The second kappa shape index (κ2) is 3.98. The molecule has 0 spiro atoms. The number of aryl methyl sites for hydroxylation is 1. The minimum Gasteiger partial charge on any atom is -0.362 e. The van der Waals surface area contributed by atoms with Crippen molar-refractivity contribution in [1.82, 2.24) is 10.3 Å². The molecular weight excluding hydrogens is 212 g/mol. The lowest BCUT2D eigenvalue weighted by Gasteiger charge is -2.34. The SMILES string of the molecule is CCc1c(C)[nH]c2c1C(=O)C1CNCCC1C2. The summed E-state index contributed by atoms with van der Waals surface area (Å²) >= 11 is 0. The average Bonchev–Trinajstić information content (AvgIpc) is 2.65. The summed E-state index contributed by atoms with van der Waals surface area (Å²) in [5, 5.41) is 3.36. The maximum atomic E-state index is 12.6. The zero-order chi connectivity index (χ0) is 12.0. The van der Waals surface area contributed by atoms with Crippen LogP contribution in [0.4, 0.5) is 0 Å². The number of hydrogen-bond donors (Lipinski definition) is 2. The molecule has 2 atom stereocenters. The Morgan fingerprint density at radius 2 is 2.24 bits per heavy atom.